The molecule has 0 atom stereocenters. The molecule has 0 heterocycles. The summed E-state index contributed by atoms with van der Waals surface area (Å²) >= 11 is 11.6. The van der Waals surface area contributed by atoms with Crippen LogP contribution < -0.4 is 10.6 Å². The average molecular weight is 261 g/mol. The number of anilines is 1. The first-order valence-corrected chi connectivity index (χ1v) is 5.58. The Kier molecular flexibility index (Phi) is 4.19. The molecule has 2 N–H and O–H groups in total. The highest BCUT2D eigenvalue weighted by molar-refractivity contribution is 6.42. The van der Waals surface area contributed by atoms with E-state index in [0.717, 1.165) is 0 Å². The second-order valence-corrected chi connectivity index (χ2v) is 4.77. The lowest BCUT2D eigenvalue weighted by Crippen LogP contribution is -2.47. The second kappa shape index (κ2) is 5.04. The molecule has 0 bridgehead atoms. The van der Waals surface area contributed by atoms with Gasteiger partial charge in [0.1, 0.15) is 0 Å². The first-order chi connectivity index (χ1) is 7.36. The number of carbonyl (C=O) groups excluding carboxylic acids is 1. The van der Waals surface area contributed by atoms with Gasteiger partial charge >= 0.3 is 0 Å². The summed E-state index contributed by atoms with van der Waals surface area (Å²) in [5, 5.41) is 6.56. The van der Waals surface area contributed by atoms with Gasteiger partial charge in [0.2, 0.25) is 5.91 Å². The molecule has 0 aliphatic rings. The maximum absolute atomic E-state index is 11.8. The number of amides is 1. The van der Waals surface area contributed by atoms with Crippen LogP contribution in [0.15, 0.2) is 18.2 Å². The number of rotatable bonds is 3. The molecule has 1 rings (SSSR count). The molecule has 1 aromatic carbocycles. The van der Waals surface area contributed by atoms with Gasteiger partial charge in [0.25, 0.3) is 0 Å². The van der Waals surface area contributed by atoms with Gasteiger partial charge in [-0.05, 0) is 39.1 Å². The standard InChI is InChI=1S/C11H14Cl2N2O/c1-11(2,14-3)10(16)15-7-4-5-8(12)9(13)6-7/h4-6,14H,1-3H3,(H,15,16). The third-order valence-corrected chi connectivity index (χ3v) is 3.11. The van der Waals surface area contributed by atoms with E-state index in [2.05, 4.69) is 10.6 Å². The quantitative estimate of drug-likeness (QED) is 0.878. The molecule has 0 saturated carbocycles. The molecule has 16 heavy (non-hydrogen) atoms. The zero-order valence-corrected chi connectivity index (χ0v) is 10.9. The lowest BCUT2D eigenvalue weighted by atomic mass is 10.1. The van der Waals surface area contributed by atoms with Crippen molar-refractivity contribution in [2.75, 3.05) is 12.4 Å². The van der Waals surface area contributed by atoms with Crippen LogP contribution in [0, 0.1) is 0 Å². The molecule has 0 fully saturated rings. The van der Waals surface area contributed by atoms with Gasteiger partial charge in [-0.15, -0.1) is 0 Å². The van der Waals surface area contributed by atoms with Crippen molar-refractivity contribution >= 4 is 34.8 Å². The highest BCUT2D eigenvalue weighted by atomic mass is 35.5. The normalized spacial score (nSPS) is 11.3. The van der Waals surface area contributed by atoms with E-state index in [-0.39, 0.29) is 5.91 Å². The van der Waals surface area contributed by atoms with Crippen LogP contribution in [0.5, 0.6) is 0 Å². The number of carbonyl (C=O) groups is 1. The van der Waals surface area contributed by atoms with E-state index in [0.29, 0.717) is 15.7 Å². The Balaban J connectivity index is 2.82. The SMILES string of the molecule is CNC(C)(C)C(=O)Nc1ccc(Cl)c(Cl)c1. The summed E-state index contributed by atoms with van der Waals surface area (Å²) in [5.41, 5.74) is -0.00530. The molecular formula is C11H14Cl2N2O. The van der Waals surface area contributed by atoms with Crippen LogP contribution in [-0.4, -0.2) is 18.5 Å². The van der Waals surface area contributed by atoms with Crippen molar-refractivity contribution in [3.05, 3.63) is 28.2 Å². The molecule has 5 heteroatoms. The summed E-state index contributed by atoms with van der Waals surface area (Å²) in [6.07, 6.45) is 0. The number of halogens is 2. The molecule has 3 nitrogen and oxygen atoms in total. The van der Waals surface area contributed by atoms with Gasteiger partial charge in [-0.1, -0.05) is 23.2 Å². The maximum atomic E-state index is 11.8. The van der Waals surface area contributed by atoms with Crippen molar-refractivity contribution in [1.82, 2.24) is 5.32 Å². The number of nitrogens with one attached hydrogen (secondary N) is 2. The first kappa shape index (κ1) is 13.3. The van der Waals surface area contributed by atoms with Gasteiger partial charge in [-0.2, -0.15) is 0 Å². The van der Waals surface area contributed by atoms with Crippen molar-refractivity contribution in [1.29, 1.82) is 0 Å². The fraction of sp³-hybridized carbons (Fsp3) is 0.364. The highest BCUT2D eigenvalue weighted by Crippen LogP contribution is 2.25. The topological polar surface area (TPSA) is 41.1 Å². The predicted octanol–water partition coefficient (Wildman–Crippen LogP) is 2.93. The zero-order chi connectivity index (χ0) is 12.3. The minimum absolute atomic E-state index is 0.131. The van der Waals surface area contributed by atoms with Gasteiger partial charge in [0.15, 0.2) is 0 Å². The Hall–Kier alpha value is -0.770. The molecule has 1 aromatic rings. The average Bonchev–Trinajstić information content (AvgIpc) is 2.23. The smallest absolute Gasteiger partial charge is 0.244 e. The Morgan fingerprint density at radius 3 is 2.38 bits per heavy atom. The van der Waals surface area contributed by atoms with Crippen LogP contribution in [0.4, 0.5) is 5.69 Å². The summed E-state index contributed by atoms with van der Waals surface area (Å²) in [6, 6.07) is 4.97. The number of hydrogen-bond donors (Lipinski definition) is 2. The fourth-order valence-electron chi connectivity index (χ4n) is 0.975. The molecule has 88 valence electrons. The van der Waals surface area contributed by atoms with Crippen molar-refractivity contribution in [3.8, 4) is 0 Å². The molecule has 0 radical (unpaired) electrons. The Morgan fingerprint density at radius 2 is 1.88 bits per heavy atom. The van der Waals surface area contributed by atoms with Gasteiger partial charge in [-0.3, -0.25) is 4.79 Å². The molecule has 0 aliphatic heterocycles. The highest BCUT2D eigenvalue weighted by Gasteiger charge is 2.25. The third kappa shape index (κ3) is 3.11. The van der Waals surface area contributed by atoms with E-state index < -0.39 is 5.54 Å². The molecule has 0 unspecified atom stereocenters. The van der Waals surface area contributed by atoms with Crippen LogP contribution in [0.1, 0.15) is 13.8 Å². The predicted molar refractivity (Wildman–Crippen MR) is 68.2 cm³/mol. The lowest BCUT2D eigenvalue weighted by molar-refractivity contribution is -0.121. The largest absolute Gasteiger partial charge is 0.324 e. The molecule has 0 aromatic heterocycles. The van der Waals surface area contributed by atoms with Crippen LogP contribution in [0.2, 0.25) is 10.0 Å². The summed E-state index contributed by atoms with van der Waals surface area (Å²) in [6.45, 7) is 3.58. The minimum atomic E-state index is -0.633. The molecule has 0 spiro atoms. The van der Waals surface area contributed by atoms with E-state index in [4.69, 9.17) is 23.2 Å². The maximum Gasteiger partial charge on any atom is 0.244 e. The molecule has 0 aliphatic carbocycles. The Bertz CT molecular complexity index is 405. The van der Waals surface area contributed by atoms with E-state index in [1.165, 1.54) is 0 Å². The summed E-state index contributed by atoms with van der Waals surface area (Å²) in [7, 11) is 1.73. The Labute approximate surface area is 105 Å². The van der Waals surface area contributed by atoms with Crippen molar-refractivity contribution in [2.24, 2.45) is 0 Å². The molecule has 1 amide bonds. The van der Waals surface area contributed by atoms with Crippen LogP contribution in [0.3, 0.4) is 0 Å². The van der Waals surface area contributed by atoms with E-state index in [1.54, 1.807) is 39.1 Å². The monoisotopic (exact) mass is 260 g/mol. The fourth-order valence-corrected chi connectivity index (χ4v) is 1.27. The van der Waals surface area contributed by atoms with Crippen molar-refractivity contribution in [2.45, 2.75) is 19.4 Å². The van der Waals surface area contributed by atoms with Gasteiger partial charge in [0.05, 0.1) is 15.6 Å². The molecular weight excluding hydrogens is 247 g/mol. The minimum Gasteiger partial charge on any atom is -0.324 e. The van der Waals surface area contributed by atoms with Crippen molar-refractivity contribution < 1.29 is 4.79 Å². The summed E-state index contributed by atoms with van der Waals surface area (Å²) < 4.78 is 0. The number of likely N-dealkylation sites (N-methyl/N-ethyl adjacent to an activating group) is 1. The van der Waals surface area contributed by atoms with Crippen molar-refractivity contribution in [3.63, 3.8) is 0 Å². The molecule has 0 saturated heterocycles. The van der Waals surface area contributed by atoms with E-state index in [9.17, 15) is 4.79 Å². The van der Waals surface area contributed by atoms with Gasteiger partial charge in [-0.25, -0.2) is 0 Å². The number of hydrogen-bond acceptors (Lipinski definition) is 2. The number of benzene rings is 1. The zero-order valence-electron chi connectivity index (χ0n) is 9.40. The van der Waals surface area contributed by atoms with Gasteiger partial charge in [0, 0.05) is 5.69 Å². The second-order valence-electron chi connectivity index (χ2n) is 3.96. The van der Waals surface area contributed by atoms with Crippen LogP contribution in [0.25, 0.3) is 0 Å². The summed E-state index contributed by atoms with van der Waals surface area (Å²) in [5.74, 6) is -0.131. The van der Waals surface area contributed by atoms with E-state index >= 15 is 0 Å². The van der Waals surface area contributed by atoms with E-state index in [1.807, 2.05) is 0 Å². The third-order valence-electron chi connectivity index (χ3n) is 2.37. The lowest BCUT2D eigenvalue weighted by Gasteiger charge is -2.22. The van der Waals surface area contributed by atoms with Crippen LogP contribution >= 0.6 is 23.2 Å². The van der Waals surface area contributed by atoms with Gasteiger partial charge < -0.3 is 10.6 Å². The summed E-state index contributed by atoms with van der Waals surface area (Å²) in [4.78, 5) is 11.8. The van der Waals surface area contributed by atoms with Crippen LogP contribution in [-0.2, 0) is 4.79 Å². The Morgan fingerprint density at radius 1 is 1.25 bits per heavy atom. The first-order valence-electron chi connectivity index (χ1n) is 4.82.